The van der Waals surface area contributed by atoms with Crippen LogP contribution in [0.2, 0.25) is 0 Å². The lowest BCUT2D eigenvalue weighted by Crippen LogP contribution is -2.28. The number of ether oxygens (including phenoxy) is 1. The number of benzene rings is 2. The number of hydrogen-bond acceptors (Lipinski definition) is 5. The van der Waals surface area contributed by atoms with Crippen molar-refractivity contribution >= 4 is 21.8 Å². The summed E-state index contributed by atoms with van der Waals surface area (Å²) in [6.45, 7) is 1.77. The van der Waals surface area contributed by atoms with Crippen molar-refractivity contribution in [3.63, 3.8) is 0 Å². The van der Waals surface area contributed by atoms with Gasteiger partial charge in [-0.3, -0.25) is 9.59 Å². The fraction of sp³-hybridized carbons (Fsp3) is 0.391. The Morgan fingerprint density at radius 2 is 1.81 bits per heavy atom. The minimum Gasteiger partial charge on any atom is -0.495 e. The van der Waals surface area contributed by atoms with Gasteiger partial charge >= 0.3 is 0 Å². The molecule has 9 heteroatoms. The number of nitrogens with one attached hydrogen (secondary N) is 2. The molecule has 0 radical (unpaired) electrons. The summed E-state index contributed by atoms with van der Waals surface area (Å²) >= 11 is 0. The molecule has 1 aliphatic heterocycles. The van der Waals surface area contributed by atoms with Crippen LogP contribution in [0.3, 0.4) is 0 Å². The van der Waals surface area contributed by atoms with E-state index in [0.29, 0.717) is 5.56 Å². The summed E-state index contributed by atoms with van der Waals surface area (Å²) in [6.07, 6.45) is 3.66. The molecule has 0 spiro atoms. The number of likely N-dealkylation sites (tertiary alicyclic amines) is 1. The van der Waals surface area contributed by atoms with Gasteiger partial charge in [0, 0.05) is 36.8 Å². The molecule has 1 aliphatic carbocycles. The summed E-state index contributed by atoms with van der Waals surface area (Å²) in [6, 6.07) is 11.5. The molecule has 0 unspecified atom stereocenters. The summed E-state index contributed by atoms with van der Waals surface area (Å²) in [5.74, 6) is -0.224. The number of methoxy groups -OCH3 is 1. The fourth-order valence-corrected chi connectivity index (χ4v) is 5.21. The molecule has 2 fully saturated rings. The summed E-state index contributed by atoms with van der Waals surface area (Å²) in [5, 5.41) is 2.80. The second-order valence-electron chi connectivity index (χ2n) is 8.14. The number of rotatable bonds is 8. The van der Waals surface area contributed by atoms with Crippen LogP contribution in [-0.4, -0.2) is 51.4 Å². The maximum atomic E-state index is 12.7. The van der Waals surface area contributed by atoms with Gasteiger partial charge in [-0.1, -0.05) is 12.1 Å². The Bertz CT molecular complexity index is 1120. The molecule has 1 heterocycles. The number of carbonyl (C=O) groups is 2. The molecule has 2 aromatic rings. The minimum absolute atomic E-state index is 0.00356. The molecule has 2 amide bonds. The monoisotopic (exact) mass is 457 g/mol. The molecular weight excluding hydrogens is 430 g/mol. The molecule has 4 rings (SSSR count). The van der Waals surface area contributed by atoms with Gasteiger partial charge in [0.25, 0.3) is 11.8 Å². The van der Waals surface area contributed by atoms with E-state index in [2.05, 4.69) is 10.0 Å². The predicted molar refractivity (Wildman–Crippen MR) is 119 cm³/mol. The zero-order valence-electron chi connectivity index (χ0n) is 18.0. The van der Waals surface area contributed by atoms with Crippen LogP contribution in [0, 0.1) is 0 Å². The maximum absolute atomic E-state index is 12.7. The van der Waals surface area contributed by atoms with Gasteiger partial charge in [-0.25, -0.2) is 13.1 Å². The van der Waals surface area contributed by atoms with Crippen molar-refractivity contribution < 1.29 is 22.7 Å². The van der Waals surface area contributed by atoms with Gasteiger partial charge in [0.2, 0.25) is 10.0 Å². The smallest absolute Gasteiger partial charge is 0.253 e. The predicted octanol–water partition coefficient (Wildman–Crippen LogP) is 2.30. The maximum Gasteiger partial charge on any atom is 0.253 e. The zero-order chi connectivity index (χ0) is 22.7. The molecule has 0 aromatic heterocycles. The summed E-state index contributed by atoms with van der Waals surface area (Å²) in [4.78, 5) is 27.1. The van der Waals surface area contributed by atoms with Crippen molar-refractivity contribution in [2.45, 2.75) is 43.2 Å². The van der Waals surface area contributed by atoms with Crippen molar-refractivity contribution in [3.8, 4) is 5.75 Å². The Morgan fingerprint density at radius 3 is 2.50 bits per heavy atom. The normalized spacial score (nSPS) is 16.1. The van der Waals surface area contributed by atoms with E-state index in [1.807, 2.05) is 11.0 Å². The van der Waals surface area contributed by atoms with E-state index >= 15 is 0 Å². The summed E-state index contributed by atoms with van der Waals surface area (Å²) < 4.78 is 33.1. The molecule has 32 heavy (non-hydrogen) atoms. The van der Waals surface area contributed by atoms with Crippen molar-refractivity contribution in [2.75, 3.05) is 20.2 Å². The number of nitrogens with zero attached hydrogens (tertiary/aromatic N) is 1. The lowest BCUT2D eigenvalue weighted by Gasteiger charge is -2.16. The lowest BCUT2D eigenvalue weighted by molar-refractivity contribution is 0.0792. The molecule has 0 atom stereocenters. The standard InChI is InChI=1S/C23H27N3O5S/c1-31-20-10-7-17(14-21(20)32(29,30)25-19-8-9-19)22(27)24-15-16-5-4-6-18(13-16)23(28)26-11-2-3-12-26/h4-7,10,13-14,19,25H,2-3,8-9,11-12,15H2,1H3,(H,24,27). The molecule has 1 saturated heterocycles. The molecule has 8 nitrogen and oxygen atoms in total. The van der Waals surface area contributed by atoms with Crippen LogP contribution in [0.5, 0.6) is 5.75 Å². The summed E-state index contributed by atoms with van der Waals surface area (Å²) in [5.41, 5.74) is 1.61. The first-order valence-corrected chi connectivity index (χ1v) is 12.2. The number of amides is 2. The van der Waals surface area contributed by atoms with E-state index in [1.54, 1.807) is 18.2 Å². The van der Waals surface area contributed by atoms with Crippen molar-refractivity contribution in [3.05, 3.63) is 59.2 Å². The largest absolute Gasteiger partial charge is 0.495 e. The Hall–Kier alpha value is -2.91. The number of sulfonamides is 1. The van der Waals surface area contributed by atoms with Crippen LogP contribution < -0.4 is 14.8 Å². The molecule has 1 saturated carbocycles. The van der Waals surface area contributed by atoms with Crippen LogP contribution in [0.15, 0.2) is 47.4 Å². The first-order valence-electron chi connectivity index (χ1n) is 10.7. The zero-order valence-corrected chi connectivity index (χ0v) is 18.8. The molecule has 170 valence electrons. The van der Waals surface area contributed by atoms with E-state index < -0.39 is 15.9 Å². The third-order valence-electron chi connectivity index (χ3n) is 5.63. The highest BCUT2D eigenvalue weighted by molar-refractivity contribution is 7.89. The van der Waals surface area contributed by atoms with Gasteiger partial charge in [-0.15, -0.1) is 0 Å². The van der Waals surface area contributed by atoms with Crippen molar-refractivity contribution in [1.29, 1.82) is 0 Å². The SMILES string of the molecule is COc1ccc(C(=O)NCc2cccc(C(=O)N3CCCC3)c2)cc1S(=O)(=O)NC1CC1. The van der Waals surface area contributed by atoms with Crippen LogP contribution in [0.1, 0.15) is 52.0 Å². The van der Waals surface area contributed by atoms with E-state index in [0.717, 1.165) is 44.3 Å². The summed E-state index contributed by atoms with van der Waals surface area (Å²) in [7, 11) is -2.39. The van der Waals surface area contributed by atoms with Gasteiger partial charge < -0.3 is 15.0 Å². The Kier molecular flexibility index (Phi) is 6.48. The quantitative estimate of drug-likeness (QED) is 0.633. The Labute approximate surface area is 188 Å². The molecule has 2 aromatic carbocycles. The van der Waals surface area contributed by atoms with E-state index in [9.17, 15) is 18.0 Å². The lowest BCUT2D eigenvalue weighted by atomic mass is 10.1. The van der Waals surface area contributed by atoms with Crippen LogP contribution in [0.25, 0.3) is 0 Å². The number of carbonyl (C=O) groups excluding carboxylic acids is 2. The highest BCUT2D eigenvalue weighted by Crippen LogP contribution is 2.28. The molecular formula is C23H27N3O5S. The average Bonchev–Trinajstić information content (AvgIpc) is 3.43. The van der Waals surface area contributed by atoms with Gasteiger partial charge in [0.05, 0.1) is 7.11 Å². The van der Waals surface area contributed by atoms with E-state index in [-0.39, 0.29) is 34.7 Å². The second kappa shape index (κ2) is 9.30. The van der Waals surface area contributed by atoms with E-state index in [4.69, 9.17) is 4.74 Å². The Morgan fingerprint density at radius 1 is 1.06 bits per heavy atom. The molecule has 2 N–H and O–H groups in total. The third kappa shape index (κ3) is 5.11. The van der Waals surface area contributed by atoms with Gasteiger partial charge in [0.15, 0.2) is 0 Å². The topological polar surface area (TPSA) is 105 Å². The average molecular weight is 458 g/mol. The van der Waals surface area contributed by atoms with Gasteiger partial charge in [-0.2, -0.15) is 0 Å². The fourth-order valence-electron chi connectivity index (χ4n) is 3.71. The second-order valence-corrected chi connectivity index (χ2v) is 9.83. The first kappa shape index (κ1) is 22.3. The van der Waals surface area contributed by atoms with Gasteiger partial charge in [-0.05, 0) is 61.6 Å². The van der Waals surface area contributed by atoms with Crippen LogP contribution in [-0.2, 0) is 16.6 Å². The van der Waals surface area contributed by atoms with Crippen LogP contribution in [0.4, 0.5) is 0 Å². The van der Waals surface area contributed by atoms with Crippen LogP contribution >= 0.6 is 0 Å². The van der Waals surface area contributed by atoms with Crippen molar-refractivity contribution in [1.82, 2.24) is 14.9 Å². The van der Waals surface area contributed by atoms with Crippen molar-refractivity contribution in [2.24, 2.45) is 0 Å². The minimum atomic E-state index is -3.78. The third-order valence-corrected chi connectivity index (χ3v) is 7.18. The van der Waals surface area contributed by atoms with Gasteiger partial charge in [0.1, 0.15) is 10.6 Å². The highest BCUT2D eigenvalue weighted by Gasteiger charge is 2.30. The Balaban J connectivity index is 1.46. The van der Waals surface area contributed by atoms with E-state index in [1.165, 1.54) is 25.3 Å². The molecule has 2 aliphatic rings. The number of hydrogen-bond donors (Lipinski definition) is 2. The first-order chi connectivity index (χ1) is 15.4. The molecule has 0 bridgehead atoms. The highest BCUT2D eigenvalue weighted by atomic mass is 32.2.